The average molecular weight is 385 g/mol. The van der Waals surface area contributed by atoms with Crippen molar-refractivity contribution in [2.24, 2.45) is 0 Å². The first-order valence-corrected chi connectivity index (χ1v) is 8.96. The highest BCUT2D eigenvalue weighted by Crippen LogP contribution is 2.34. The molecule has 0 spiro atoms. The molecule has 0 saturated carbocycles. The molecule has 0 unspecified atom stereocenters. The number of carbonyl (C=O) groups excluding carboxylic acids is 2. The maximum Gasteiger partial charge on any atom is 0.344 e. The Labute approximate surface area is 163 Å². The van der Waals surface area contributed by atoms with Crippen molar-refractivity contribution in [2.45, 2.75) is 26.8 Å². The molecule has 7 nitrogen and oxygen atoms in total. The Morgan fingerprint density at radius 3 is 2.50 bits per heavy atom. The van der Waals surface area contributed by atoms with Crippen molar-refractivity contribution in [3.8, 4) is 17.2 Å². The number of nitrogens with one attached hydrogen (secondary N) is 1. The van der Waals surface area contributed by atoms with Crippen LogP contribution in [-0.2, 0) is 14.3 Å². The van der Waals surface area contributed by atoms with E-state index in [1.165, 1.54) is 0 Å². The van der Waals surface area contributed by atoms with Crippen molar-refractivity contribution in [3.05, 3.63) is 53.1 Å². The zero-order chi connectivity index (χ0) is 20.1. The van der Waals surface area contributed by atoms with Gasteiger partial charge in [0.1, 0.15) is 5.75 Å². The Bertz CT molecular complexity index is 859. The Morgan fingerprint density at radius 1 is 1.04 bits per heavy atom. The van der Waals surface area contributed by atoms with Crippen molar-refractivity contribution in [2.75, 3.05) is 20.0 Å². The summed E-state index contributed by atoms with van der Waals surface area (Å²) in [7, 11) is 0. The van der Waals surface area contributed by atoms with E-state index in [9.17, 15) is 9.59 Å². The van der Waals surface area contributed by atoms with E-state index < -0.39 is 11.9 Å². The van der Waals surface area contributed by atoms with Gasteiger partial charge >= 0.3 is 5.97 Å². The van der Waals surface area contributed by atoms with E-state index in [0.717, 1.165) is 16.7 Å². The van der Waals surface area contributed by atoms with Crippen molar-refractivity contribution in [1.82, 2.24) is 5.32 Å². The van der Waals surface area contributed by atoms with Crippen LogP contribution < -0.4 is 19.5 Å². The van der Waals surface area contributed by atoms with Crippen molar-refractivity contribution >= 4 is 11.9 Å². The molecule has 148 valence electrons. The largest absolute Gasteiger partial charge is 0.482 e. The zero-order valence-electron chi connectivity index (χ0n) is 16.1. The molecule has 1 N–H and O–H groups in total. The molecule has 1 atom stereocenters. The van der Waals surface area contributed by atoms with Crippen LogP contribution in [0.25, 0.3) is 0 Å². The van der Waals surface area contributed by atoms with Crippen LogP contribution in [0.4, 0.5) is 0 Å². The first-order chi connectivity index (χ1) is 13.4. The van der Waals surface area contributed by atoms with Crippen molar-refractivity contribution in [3.63, 3.8) is 0 Å². The lowest BCUT2D eigenvalue weighted by Crippen LogP contribution is -2.31. The van der Waals surface area contributed by atoms with Gasteiger partial charge in [0.15, 0.2) is 24.7 Å². The van der Waals surface area contributed by atoms with E-state index >= 15 is 0 Å². The molecule has 0 saturated heterocycles. The predicted molar refractivity (Wildman–Crippen MR) is 101 cm³/mol. The average Bonchev–Trinajstić information content (AvgIpc) is 3.11. The van der Waals surface area contributed by atoms with Gasteiger partial charge in [0.2, 0.25) is 6.79 Å². The quantitative estimate of drug-likeness (QED) is 0.738. The number of esters is 1. The third-order valence-corrected chi connectivity index (χ3v) is 4.19. The molecular formula is C21H23NO6. The number of hydrogen-bond donors (Lipinski definition) is 1. The maximum atomic E-state index is 12.0. The number of hydrogen-bond acceptors (Lipinski definition) is 6. The van der Waals surface area contributed by atoms with Crippen molar-refractivity contribution in [1.29, 1.82) is 0 Å². The molecule has 0 aromatic heterocycles. The van der Waals surface area contributed by atoms with Gasteiger partial charge < -0.3 is 24.3 Å². The first kappa shape index (κ1) is 19.5. The van der Waals surface area contributed by atoms with E-state index in [1.54, 1.807) is 6.07 Å². The fourth-order valence-corrected chi connectivity index (χ4v) is 2.90. The summed E-state index contributed by atoms with van der Waals surface area (Å²) in [6.07, 6.45) is 0. The van der Waals surface area contributed by atoms with Gasteiger partial charge in [-0.1, -0.05) is 12.1 Å². The molecule has 0 radical (unpaired) electrons. The molecule has 2 aromatic rings. The molecule has 7 heteroatoms. The smallest absolute Gasteiger partial charge is 0.344 e. The Balaban J connectivity index is 1.42. The van der Waals surface area contributed by atoms with Crippen LogP contribution in [0.5, 0.6) is 17.2 Å². The maximum absolute atomic E-state index is 12.0. The van der Waals surface area contributed by atoms with Crippen LogP contribution in [-0.4, -0.2) is 31.9 Å². The fraction of sp³-hybridized carbons (Fsp3) is 0.333. The van der Waals surface area contributed by atoms with E-state index in [-0.39, 0.29) is 26.0 Å². The molecule has 3 rings (SSSR count). The lowest BCUT2D eigenvalue weighted by molar-refractivity contribution is -0.150. The molecule has 1 aliphatic heterocycles. The summed E-state index contributed by atoms with van der Waals surface area (Å²) < 4.78 is 21.0. The van der Waals surface area contributed by atoms with Gasteiger partial charge in [-0.2, -0.15) is 0 Å². The molecule has 0 aliphatic carbocycles. The summed E-state index contributed by atoms with van der Waals surface area (Å²) in [5.41, 5.74) is 2.95. The Morgan fingerprint density at radius 2 is 1.75 bits per heavy atom. The highest BCUT2D eigenvalue weighted by Gasteiger charge is 2.17. The standard InChI is InChI=1S/C21H23NO6/c1-13-6-14(2)8-17(7-13)25-11-21(24)26-10-20(23)22-15(3)16-4-5-18-19(9-16)28-12-27-18/h4-9,15H,10-12H2,1-3H3,(H,22,23)/t15-/m0/s1. The molecule has 0 bridgehead atoms. The minimum Gasteiger partial charge on any atom is -0.482 e. The predicted octanol–water partition coefficient (Wildman–Crippen LogP) is 2.83. The number of rotatable bonds is 7. The SMILES string of the molecule is Cc1cc(C)cc(OCC(=O)OCC(=O)N[C@@H](C)c2ccc3c(c2)OCO3)c1. The summed E-state index contributed by atoms with van der Waals surface area (Å²) in [5, 5.41) is 2.78. The van der Waals surface area contributed by atoms with Gasteiger partial charge in [-0.25, -0.2) is 4.79 Å². The molecule has 1 aliphatic rings. The molecular weight excluding hydrogens is 362 g/mol. The summed E-state index contributed by atoms with van der Waals surface area (Å²) in [6.45, 7) is 5.30. The van der Waals surface area contributed by atoms with Gasteiger partial charge in [-0.3, -0.25) is 4.79 Å². The molecule has 0 fully saturated rings. The highest BCUT2D eigenvalue weighted by molar-refractivity contribution is 5.81. The second kappa shape index (κ2) is 8.65. The van der Waals surface area contributed by atoms with Crippen LogP contribution in [0.15, 0.2) is 36.4 Å². The molecule has 1 amide bonds. The van der Waals surface area contributed by atoms with Crippen molar-refractivity contribution < 1.29 is 28.5 Å². The van der Waals surface area contributed by atoms with Crippen LogP contribution in [0.3, 0.4) is 0 Å². The number of fused-ring (bicyclic) bond motifs is 1. The lowest BCUT2D eigenvalue weighted by Gasteiger charge is -2.15. The number of aryl methyl sites for hydroxylation is 2. The van der Waals surface area contributed by atoms with Gasteiger partial charge in [-0.05, 0) is 61.7 Å². The Kier molecular flexibility index (Phi) is 6.03. The van der Waals surface area contributed by atoms with Crippen LogP contribution in [0.1, 0.15) is 29.7 Å². The van der Waals surface area contributed by atoms with E-state index in [4.69, 9.17) is 18.9 Å². The van der Waals surface area contributed by atoms with E-state index in [2.05, 4.69) is 5.32 Å². The molecule has 1 heterocycles. The molecule has 28 heavy (non-hydrogen) atoms. The Hall–Kier alpha value is -3.22. The summed E-state index contributed by atoms with van der Waals surface area (Å²) in [5.74, 6) is 0.916. The summed E-state index contributed by atoms with van der Waals surface area (Å²) in [6, 6.07) is 10.9. The third-order valence-electron chi connectivity index (χ3n) is 4.19. The van der Waals surface area contributed by atoms with Crippen LogP contribution in [0, 0.1) is 13.8 Å². The summed E-state index contributed by atoms with van der Waals surface area (Å²) >= 11 is 0. The van der Waals surface area contributed by atoms with Crippen LogP contribution in [0.2, 0.25) is 0 Å². The minimum absolute atomic E-state index is 0.194. The van der Waals surface area contributed by atoms with E-state index in [0.29, 0.717) is 17.2 Å². The van der Waals surface area contributed by atoms with E-state index in [1.807, 2.05) is 51.1 Å². The second-order valence-corrected chi connectivity index (χ2v) is 6.67. The van der Waals surface area contributed by atoms with Gasteiger partial charge in [0.25, 0.3) is 5.91 Å². The molecule has 2 aromatic carbocycles. The first-order valence-electron chi connectivity index (χ1n) is 8.96. The summed E-state index contributed by atoms with van der Waals surface area (Å²) in [4.78, 5) is 23.9. The number of amides is 1. The fourth-order valence-electron chi connectivity index (χ4n) is 2.90. The van der Waals surface area contributed by atoms with Gasteiger partial charge in [-0.15, -0.1) is 0 Å². The van der Waals surface area contributed by atoms with Gasteiger partial charge in [0, 0.05) is 0 Å². The zero-order valence-corrected chi connectivity index (χ0v) is 16.1. The number of benzene rings is 2. The van der Waals surface area contributed by atoms with Gasteiger partial charge in [0.05, 0.1) is 6.04 Å². The number of ether oxygens (including phenoxy) is 4. The lowest BCUT2D eigenvalue weighted by atomic mass is 10.1. The topological polar surface area (TPSA) is 83.1 Å². The monoisotopic (exact) mass is 385 g/mol. The normalized spacial score (nSPS) is 13.0. The third kappa shape index (κ3) is 5.16. The second-order valence-electron chi connectivity index (χ2n) is 6.67. The number of carbonyl (C=O) groups is 2. The minimum atomic E-state index is -0.606. The highest BCUT2D eigenvalue weighted by atomic mass is 16.7. The van der Waals surface area contributed by atoms with Crippen LogP contribution >= 0.6 is 0 Å².